The molecule has 2 atom stereocenters. The van der Waals surface area contributed by atoms with Crippen LogP contribution in [-0.4, -0.2) is 63.9 Å². The van der Waals surface area contributed by atoms with Gasteiger partial charge in [0.2, 0.25) is 5.89 Å². The Kier molecular flexibility index (Phi) is 3.46. The molecule has 0 spiro atoms. The van der Waals surface area contributed by atoms with Crippen LogP contribution in [0.2, 0.25) is 0 Å². The molecule has 1 N–H and O–H groups in total. The molecule has 0 aromatic carbocycles. The van der Waals surface area contributed by atoms with Crippen molar-refractivity contribution in [3.63, 3.8) is 0 Å². The van der Waals surface area contributed by atoms with Gasteiger partial charge < -0.3 is 9.63 Å². The Morgan fingerprint density at radius 1 is 1.42 bits per heavy atom. The van der Waals surface area contributed by atoms with Crippen molar-refractivity contribution in [2.45, 2.75) is 25.0 Å². The zero-order valence-corrected chi connectivity index (χ0v) is 10.7. The summed E-state index contributed by atoms with van der Waals surface area (Å²) < 4.78 is 5.17. The maximum atomic E-state index is 9.56. The summed E-state index contributed by atoms with van der Waals surface area (Å²) >= 11 is 0. The molecule has 2 bridgehead atoms. The van der Waals surface area contributed by atoms with Crippen molar-refractivity contribution in [2.24, 2.45) is 0 Å². The average molecular weight is 263 g/mol. The third kappa shape index (κ3) is 2.61. The molecular formula is C12H17N5O2. The topological polar surface area (TPSA) is 89.4 Å². The maximum Gasteiger partial charge on any atom is 0.229 e. The van der Waals surface area contributed by atoms with Gasteiger partial charge in [0.1, 0.15) is 0 Å². The fourth-order valence-electron chi connectivity index (χ4n) is 2.73. The quantitative estimate of drug-likeness (QED) is 0.787. The summed E-state index contributed by atoms with van der Waals surface area (Å²) in [5.74, 6) is 1.11. The minimum Gasteiger partial charge on any atom is -0.392 e. The first-order valence-electron chi connectivity index (χ1n) is 6.60. The molecule has 0 radical (unpaired) electrons. The molecule has 1 aromatic rings. The molecule has 4 heterocycles. The second-order valence-electron chi connectivity index (χ2n) is 5.12. The van der Waals surface area contributed by atoms with Crippen molar-refractivity contribution >= 4 is 0 Å². The highest BCUT2D eigenvalue weighted by atomic mass is 16.5. The van der Waals surface area contributed by atoms with Crippen LogP contribution in [0.15, 0.2) is 4.52 Å². The first-order chi connectivity index (χ1) is 9.26. The number of fused-ring (bicyclic) bond motifs is 3. The predicted molar refractivity (Wildman–Crippen MR) is 65.0 cm³/mol. The SMILES string of the molecule is N#CCC(O)Cc1nc(C2CN3CCN2CC3)no1. The monoisotopic (exact) mass is 263 g/mol. The summed E-state index contributed by atoms with van der Waals surface area (Å²) in [7, 11) is 0. The minimum atomic E-state index is -0.731. The molecule has 0 amide bonds. The number of nitriles is 1. The fourth-order valence-corrected chi connectivity index (χ4v) is 2.73. The molecule has 19 heavy (non-hydrogen) atoms. The largest absolute Gasteiger partial charge is 0.392 e. The van der Waals surface area contributed by atoms with E-state index in [1.165, 1.54) is 0 Å². The van der Waals surface area contributed by atoms with E-state index in [-0.39, 0.29) is 18.9 Å². The summed E-state index contributed by atoms with van der Waals surface area (Å²) in [6.45, 7) is 5.26. The van der Waals surface area contributed by atoms with Gasteiger partial charge in [-0.2, -0.15) is 10.2 Å². The van der Waals surface area contributed by atoms with E-state index in [4.69, 9.17) is 9.78 Å². The second kappa shape index (κ2) is 5.25. The van der Waals surface area contributed by atoms with Gasteiger partial charge in [-0.1, -0.05) is 5.16 Å². The molecule has 3 fully saturated rings. The van der Waals surface area contributed by atoms with Crippen molar-refractivity contribution in [2.75, 3.05) is 32.7 Å². The van der Waals surface area contributed by atoms with Crippen LogP contribution in [0.1, 0.15) is 24.2 Å². The lowest BCUT2D eigenvalue weighted by molar-refractivity contribution is 0.00781. The smallest absolute Gasteiger partial charge is 0.229 e. The van der Waals surface area contributed by atoms with Crippen LogP contribution in [0.4, 0.5) is 0 Å². The van der Waals surface area contributed by atoms with E-state index in [0.29, 0.717) is 11.7 Å². The molecule has 102 valence electrons. The van der Waals surface area contributed by atoms with Crippen molar-refractivity contribution in [3.05, 3.63) is 11.7 Å². The minimum absolute atomic E-state index is 0.0844. The number of aromatic nitrogens is 2. The number of nitrogens with zero attached hydrogens (tertiary/aromatic N) is 5. The first kappa shape index (κ1) is 12.5. The second-order valence-corrected chi connectivity index (χ2v) is 5.12. The zero-order valence-electron chi connectivity index (χ0n) is 10.7. The van der Waals surface area contributed by atoms with Crippen LogP contribution >= 0.6 is 0 Å². The zero-order chi connectivity index (χ0) is 13.2. The molecule has 2 unspecified atom stereocenters. The third-order valence-corrected chi connectivity index (χ3v) is 3.80. The molecule has 3 aliphatic rings. The van der Waals surface area contributed by atoms with Crippen molar-refractivity contribution in [1.29, 1.82) is 5.26 Å². The van der Waals surface area contributed by atoms with Gasteiger partial charge in [-0.05, 0) is 0 Å². The molecule has 0 saturated carbocycles. The average Bonchev–Trinajstić information content (AvgIpc) is 2.88. The van der Waals surface area contributed by atoms with E-state index in [1.54, 1.807) is 0 Å². The number of aliphatic hydroxyl groups is 1. The van der Waals surface area contributed by atoms with Crippen LogP contribution < -0.4 is 0 Å². The normalized spacial score (nSPS) is 31.1. The molecule has 4 rings (SSSR count). The van der Waals surface area contributed by atoms with Crippen molar-refractivity contribution < 1.29 is 9.63 Å². The Bertz CT molecular complexity index is 475. The van der Waals surface area contributed by atoms with Crippen LogP contribution in [0.5, 0.6) is 0 Å². The molecule has 3 saturated heterocycles. The van der Waals surface area contributed by atoms with Gasteiger partial charge in [-0.3, -0.25) is 9.80 Å². The van der Waals surface area contributed by atoms with Gasteiger partial charge >= 0.3 is 0 Å². The highest BCUT2D eigenvalue weighted by Gasteiger charge is 2.35. The number of rotatable bonds is 4. The molecule has 7 heteroatoms. The van der Waals surface area contributed by atoms with Crippen LogP contribution in [0.3, 0.4) is 0 Å². The van der Waals surface area contributed by atoms with Crippen LogP contribution in [0, 0.1) is 11.3 Å². The summed E-state index contributed by atoms with van der Waals surface area (Å²) in [6, 6.07) is 2.13. The Hall–Kier alpha value is -1.49. The van der Waals surface area contributed by atoms with Crippen LogP contribution in [-0.2, 0) is 6.42 Å². The van der Waals surface area contributed by atoms with Gasteiger partial charge in [0.25, 0.3) is 0 Å². The fraction of sp³-hybridized carbons (Fsp3) is 0.750. The number of aliphatic hydroxyl groups excluding tert-OH is 1. The number of hydrogen-bond acceptors (Lipinski definition) is 7. The van der Waals surface area contributed by atoms with E-state index >= 15 is 0 Å². The van der Waals surface area contributed by atoms with Gasteiger partial charge in [-0.15, -0.1) is 0 Å². The molecule has 3 aliphatic heterocycles. The van der Waals surface area contributed by atoms with Gasteiger partial charge in [0.05, 0.1) is 31.1 Å². The molecule has 7 nitrogen and oxygen atoms in total. The van der Waals surface area contributed by atoms with E-state index in [0.717, 1.165) is 32.7 Å². The predicted octanol–water partition coefficient (Wildman–Crippen LogP) is -0.441. The van der Waals surface area contributed by atoms with Gasteiger partial charge in [-0.25, -0.2) is 0 Å². The van der Waals surface area contributed by atoms with E-state index in [9.17, 15) is 5.11 Å². The Balaban J connectivity index is 1.66. The maximum absolute atomic E-state index is 9.56. The van der Waals surface area contributed by atoms with Crippen molar-refractivity contribution in [1.82, 2.24) is 19.9 Å². The molecule has 0 aliphatic carbocycles. The van der Waals surface area contributed by atoms with Crippen LogP contribution in [0.25, 0.3) is 0 Å². The summed E-state index contributed by atoms with van der Waals surface area (Å²) in [4.78, 5) is 9.14. The number of piperazine rings is 3. The van der Waals surface area contributed by atoms with Crippen molar-refractivity contribution in [3.8, 4) is 6.07 Å². The summed E-state index contributed by atoms with van der Waals surface area (Å²) in [5, 5.41) is 22.1. The summed E-state index contributed by atoms with van der Waals surface area (Å²) in [5.41, 5.74) is 0. The lowest BCUT2D eigenvalue weighted by Gasteiger charge is -2.46. The lowest BCUT2D eigenvalue weighted by Crippen LogP contribution is -2.57. The summed E-state index contributed by atoms with van der Waals surface area (Å²) in [6.07, 6.45) is -0.400. The van der Waals surface area contributed by atoms with E-state index in [2.05, 4.69) is 19.9 Å². The third-order valence-electron chi connectivity index (χ3n) is 3.80. The van der Waals surface area contributed by atoms with E-state index < -0.39 is 6.10 Å². The lowest BCUT2D eigenvalue weighted by atomic mass is 10.1. The number of hydrogen-bond donors (Lipinski definition) is 1. The Labute approximate surface area is 111 Å². The highest BCUT2D eigenvalue weighted by Crippen LogP contribution is 2.26. The van der Waals surface area contributed by atoms with Gasteiger partial charge in [0.15, 0.2) is 5.82 Å². The molecular weight excluding hydrogens is 246 g/mol. The highest BCUT2D eigenvalue weighted by molar-refractivity contribution is 5.02. The van der Waals surface area contributed by atoms with E-state index in [1.807, 2.05) is 6.07 Å². The molecule has 1 aromatic heterocycles. The first-order valence-corrected chi connectivity index (χ1v) is 6.60. The van der Waals surface area contributed by atoms with Gasteiger partial charge in [0, 0.05) is 32.7 Å². The standard InChI is InChI=1S/C12H17N5O2/c13-2-1-9(18)7-11-14-12(15-19-11)10-8-16-3-5-17(10)6-4-16/h9-10,18H,1,3-8H2. The Morgan fingerprint density at radius 3 is 2.84 bits per heavy atom. The Morgan fingerprint density at radius 2 is 2.21 bits per heavy atom.